The summed E-state index contributed by atoms with van der Waals surface area (Å²) in [6.07, 6.45) is 6.81. The number of hydrogen-bond donors (Lipinski definition) is 0. The fourth-order valence-electron chi connectivity index (χ4n) is 3.62. The molecular weight excluding hydrogens is 344 g/mol. The largest absolute Gasteiger partial charge is 0.494 e. The lowest BCUT2D eigenvalue weighted by atomic mass is 9.89. The van der Waals surface area contributed by atoms with E-state index in [0.29, 0.717) is 19.1 Å². The Hall–Kier alpha value is -2.14. The standard InChI is InChI=1S/C21H24N2O2S/c1-15-9-10-17-18(13-15)26-20-19(17)21(24)23(14-22-20)11-5-6-12-25-16-7-3-2-4-8-16/h2-4,7-8,14-15H,5-6,9-13H2,1H3. The Balaban J connectivity index is 1.41. The van der Waals surface area contributed by atoms with Gasteiger partial charge in [-0.3, -0.25) is 9.36 Å². The van der Waals surface area contributed by atoms with Crippen LogP contribution in [-0.4, -0.2) is 16.2 Å². The van der Waals surface area contributed by atoms with Crippen molar-refractivity contribution in [1.29, 1.82) is 0 Å². The van der Waals surface area contributed by atoms with Gasteiger partial charge >= 0.3 is 0 Å². The minimum absolute atomic E-state index is 0.131. The molecule has 2 aromatic heterocycles. The highest BCUT2D eigenvalue weighted by Gasteiger charge is 2.23. The summed E-state index contributed by atoms with van der Waals surface area (Å²) in [7, 11) is 0. The zero-order valence-corrected chi connectivity index (χ0v) is 15.9. The van der Waals surface area contributed by atoms with E-state index >= 15 is 0 Å². The Morgan fingerprint density at radius 1 is 1.27 bits per heavy atom. The summed E-state index contributed by atoms with van der Waals surface area (Å²) in [5, 5.41) is 0.875. The predicted molar refractivity (Wildman–Crippen MR) is 106 cm³/mol. The van der Waals surface area contributed by atoms with Crippen molar-refractivity contribution in [3.05, 3.63) is 57.5 Å². The van der Waals surface area contributed by atoms with Crippen molar-refractivity contribution in [2.75, 3.05) is 6.61 Å². The average Bonchev–Trinajstić information content (AvgIpc) is 3.02. The molecule has 0 radical (unpaired) electrons. The van der Waals surface area contributed by atoms with E-state index in [-0.39, 0.29) is 5.56 Å². The maximum Gasteiger partial charge on any atom is 0.262 e. The molecule has 4 nitrogen and oxygen atoms in total. The van der Waals surface area contributed by atoms with Crippen LogP contribution in [0.4, 0.5) is 0 Å². The van der Waals surface area contributed by atoms with Crippen molar-refractivity contribution >= 4 is 21.6 Å². The molecule has 0 saturated heterocycles. The van der Waals surface area contributed by atoms with Crippen molar-refractivity contribution in [2.45, 2.75) is 45.6 Å². The van der Waals surface area contributed by atoms with E-state index in [4.69, 9.17) is 4.74 Å². The first-order chi connectivity index (χ1) is 12.7. The lowest BCUT2D eigenvalue weighted by Gasteiger charge is -2.17. The number of unbranched alkanes of at least 4 members (excludes halogenated alkanes) is 1. The van der Waals surface area contributed by atoms with Gasteiger partial charge < -0.3 is 4.74 Å². The van der Waals surface area contributed by atoms with Gasteiger partial charge in [-0.05, 0) is 55.7 Å². The van der Waals surface area contributed by atoms with Crippen LogP contribution in [0.2, 0.25) is 0 Å². The monoisotopic (exact) mass is 368 g/mol. The summed E-state index contributed by atoms with van der Waals surface area (Å²) in [6, 6.07) is 9.84. The maximum absolute atomic E-state index is 12.9. The van der Waals surface area contributed by atoms with Crippen molar-refractivity contribution < 1.29 is 4.74 Å². The quantitative estimate of drug-likeness (QED) is 0.604. The average molecular weight is 369 g/mol. The molecule has 0 saturated carbocycles. The number of thiophene rings is 1. The number of fused-ring (bicyclic) bond motifs is 3. The van der Waals surface area contributed by atoms with Gasteiger partial charge in [-0.25, -0.2) is 4.98 Å². The number of nitrogens with zero attached hydrogens (tertiary/aromatic N) is 2. The summed E-state index contributed by atoms with van der Waals surface area (Å²) in [5.74, 6) is 1.61. The molecule has 5 heteroatoms. The third-order valence-corrected chi connectivity index (χ3v) is 6.25. The second-order valence-corrected chi connectivity index (χ2v) is 8.23. The zero-order valence-electron chi connectivity index (χ0n) is 15.1. The molecule has 1 unspecified atom stereocenters. The highest BCUT2D eigenvalue weighted by Crippen LogP contribution is 2.35. The summed E-state index contributed by atoms with van der Waals surface area (Å²) in [4.78, 5) is 19.8. The van der Waals surface area contributed by atoms with Crippen LogP contribution in [-0.2, 0) is 19.4 Å². The molecule has 0 aliphatic heterocycles. The summed E-state index contributed by atoms with van der Waals surface area (Å²) >= 11 is 1.71. The molecular formula is C21H24N2O2S. The van der Waals surface area contributed by atoms with Gasteiger partial charge in [0.2, 0.25) is 0 Å². The van der Waals surface area contributed by atoms with Crippen LogP contribution >= 0.6 is 11.3 Å². The number of ether oxygens (including phenoxy) is 1. The summed E-state index contributed by atoms with van der Waals surface area (Å²) < 4.78 is 7.49. The molecule has 4 rings (SSSR count). The molecule has 2 heterocycles. The Morgan fingerprint density at radius 2 is 2.12 bits per heavy atom. The van der Waals surface area contributed by atoms with Gasteiger partial charge in [-0.1, -0.05) is 25.1 Å². The van der Waals surface area contributed by atoms with Gasteiger partial charge in [-0.15, -0.1) is 11.3 Å². The van der Waals surface area contributed by atoms with Crippen molar-refractivity contribution in [3.63, 3.8) is 0 Å². The van der Waals surface area contributed by atoms with Crippen LogP contribution in [0.5, 0.6) is 5.75 Å². The molecule has 0 amide bonds. The number of aryl methyl sites for hydroxylation is 2. The van der Waals surface area contributed by atoms with Gasteiger partial charge in [0.05, 0.1) is 18.3 Å². The van der Waals surface area contributed by atoms with Crippen molar-refractivity contribution in [1.82, 2.24) is 9.55 Å². The van der Waals surface area contributed by atoms with E-state index in [1.165, 1.54) is 16.9 Å². The molecule has 0 fully saturated rings. The molecule has 3 aromatic rings. The Kier molecular flexibility index (Phi) is 5.07. The van der Waals surface area contributed by atoms with Crippen LogP contribution in [0.3, 0.4) is 0 Å². The Labute approximate surface area is 157 Å². The van der Waals surface area contributed by atoms with Gasteiger partial charge in [0.1, 0.15) is 10.6 Å². The lowest BCUT2D eigenvalue weighted by molar-refractivity contribution is 0.303. The first-order valence-corrected chi connectivity index (χ1v) is 10.2. The second kappa shape index (κ2) is 7.62. The van der Waals surface area contributed by atoms with Gasteiger partial charge in [0, 0.05) is 11.4 Å². The number of hydrogen-bond acceptors (Lipinski definition) is 4. The number of aromatic nitrogens is 2. The zero-order chi connectivity index (χ0) is 17.9. The maximum atomic E-state index is 12.9. The van der Waals surface area contributed by atoms with E-state index in [1.54, 1.807) is 22.2 Å². The van der Waals surface area contributed by atoms with E-state index in [0.717, 1.165) is 41.6 Å². The third-order valence-electron chi connectivity index (χ3n) is 5.09. The minimum atomic E-state index is 0.131. The molecule has 136 valence electrons. The van der Waals surface area contributed by atoms with Crippen molar-refractivity contribution in [2.24, 2.45) is 5.92 Å². The first-order valence-electron chi connectivity index (χ1n) is 9.40. The molecule has 0 N–H and O–H groups in total. The van der Waals surface area contributed by atoms with Crippen LogP contribution in [0.1, 0.15) is 36.6 Å². The molecule has 0 spiro atoms. The smallest absolute Gasteiger partial charge is 0.262 e. The second-order valence-electron chi connectivity index (χ2n) is 7.14. The van der Waals surface area contributed by atoms with Crippen LogP contribution in [0.15, 0.2) is 41.5 Å². The highest BCUT2D eigenvalue weighted by atomic mass is 32.1. The number of benzene rings is 1. The van der Waals surface area contributed by atoms with Crippen LogP contribution < -0.4 is 10.3 Å². The fourth-order valence-corrected chi connectivity index (χ4v) is 4.96. The molecule has 1 aliphatic rings. The SMILES string of the molecule is CC1CCc2c(sc3ncn(CCCCOc4ccccc4)c(=O)c23)C1. The van der Waals surface area contributed by atoms with E-state index in [1.807, 2.05) is 30.3 Å². The van der Waals surface area contributed by atoms with Crippen LogP contribution in [0.25, 0.3) is 10.2 Å². The molecule has 1 aromatic carbocycles. The van der Waals surface area contributed by atoms with Crippen LogP contribution in [0, 0.1) is 5.92 Å². The number of rotatable bonds is 6. The predicted octanol–water partition coefficient (Wildman–Crippen LogP) is 4.44. The first kappa shape index (κ1) is 17.3. The van der Waals surface area contributed by atoms with E-state index in [9.17, 15) is 4.79 Å². The summed E-state index contributed by atoms with van der Waals surface area (Å²) in [5.41, 5.74) is 1.40. The topological polar surface area (TPSA) is 44.1 Å². The number of para-hydroxylation sites is 1. The molecule has 1 aliphatic carbocycles. The molecule has 26 heavy (non-hydrogen) atoms. The molecule has 1 atom stereocenters. The Morgan fingerprint density at radius 3 is 2.96 bits per heavy atom. The molecule has 0 bridgehead atoms. The normalized spacial score (nSPS) is 16.6. The third kappa shape index (κ3) is 3.54. The highest BCUT2D eigenvalue weighted by molar-refractivity contribution is 7.18. The van der Waals surface area contributed by atoms with Crippen molar-refractivity contribution in [3.8, 4) is 5.75 Å². The van der Waals surface area contributed by atoms with Gasteiger partial charge in [-0.2, -0.15) is 0 Å². The fraction of sp³-hybridized carbons (Fsp3) is 0.429. The van der Waals surface area contributed by atoms with Gasteiger partial charge in [0.15, 0.2) is 0 Å². The minimum Gasteiger partial charge on any atom is -0.494 e. The lowest BCUT2D eigenvalue weighted by Crippen LogP contribution is -2.22. The van der Waals surface area contributed by atoms with E-state index in [2.05, 4.69) is 11.9 Å². The Bertz CT molecular complexity index is 946. The van der Waals surface area contributed by atoms with Gasteiger partial charge in [0.25, 0.3) is 5.56 Å². The van der Waals surface area contributed by atoms with E-state index < -0.39 is 0 Å². The summed E-state index contributed by atoms with van der Waals surface area (Å²) in [6.45, 7) is 3.65.